The number of carbonyl (C=O) groups is 1. The van der Waals surface area contributed by atoms with Crippen LogP contribution in [-0.2, 0) is 0 Å². The number of aromatic nitrogens is 2. The predicted molar refractivity (Wildman–Crippen MR) is 111 cm³/mol. The summed E-state index contributed by atoms with van der Waals surface area (Å²) in [6, 6.07) is 11.1. The first-order valence-electron chi connectivity index (χ1n) is 9.94. The highest BCUT2D eigenvalue weighted by Gasteiger charge is 2.19. The molecule has 1 aliphatic rings. The second-order valence-corrected chi connectivity index (χ2v) is 7.26. The molecule has 152 valence electrons. The van der Waals surface area contributed by atoms with Gasteiger partial charge in [0.15, 0.2) is 0 Å². The van der Waals surface area contributed by atoms with Crippen LogP contribution in [0.1, 0.15) is 18.1 Å². The van der Waals surface area contributed by atoms with Gasteiger partial charge in [0, 0.05) is 56.9 Å². The first-order chi connectivity index (χ1) is 14.1. The number of halogens is 1. The van der Waals surface area contributed by atoms with Gasteiger partial charge in [-0.05, 0) is 36.8 Å². The Bertz CT molecular complexity index is 978. The van der Waals surface area contributed by atoms with Crippen LogP contribution in [0.5, 0.6) is 5.75 Å². The van der Waals surface area contributed by atoms with Gasteiger partial charge in [0.2, 0.25) is 11.9 Å². The minimum absolute atomic E-state index is 0.0283. The molecule has 1 aromatic carbocycles. The van der Waals surface area contributed by atoms with E-state index in [2.05, 4.69) is 20.9 Å². The zero-order valence-corrected chi connectivity index (χ0v) is 16.6. The van der Waals surface area contributed by atoms with E-state index in [1.165, 1.54) is 18.0 Å². The van der Waals surface area contributed by atoms with Crippen molar-refractivity contribution in [2.75, 3.05) is 44.2 Å². The monoisotopic (exact) mass is 396 g/mol. The highest BCUT2D eigenvalue weighted by Crippen LogP contribution is 2.28. The summed E-state index contributed by atoms with van der Waals surface area (Å²) in [6.45, 7) is 7.02. The Morgan fingerprint density at radius 1 is 1.14 bits per heavy atom. The molecular formula is C22H25FN4O2. The topological polar surface area (TPSA) is 50.6 Å². The van der Waals surface area contributed by atoms with Crippen molar-refractivity contribution in [1.82, 2.24) is 14.5 Å². The molecule has 0 bridgehead atoms. The molecule has 0 atom stereocenters. The third-order valence-corrected chi connectivity index (χ3v) is 5.35. The third-order valence-electron chi connectivity index (χ3n) is 5.35. The number of ether oxygens (including phenoxy) is 1. The number of pyridine rings is 1. The average molecular weight is 396 g/mol. The van der Waals surface area contributed by atoms with Crippen LogP contribution in [0, 0.1) is 5.95 Å². The van der Waals surface area contributed by atoms with Crippen LogP contribution in [0.25, 0.3) is 10.9 Å². The molecule has 6 nitrogen and oxygen atoms in total. The summed E-state index contributed by atoms with van der Waals surface area (Å²) in [5, 5.41) is 1.12. The van der Waals surface area contributed by atoms with Crippen molar-refractivity contribution < 1.29 is 13.9 Å². The maximum atomic E-state index is 12.8. The molecule has 0 saturated carbocycles. The Labute approximate surface area is 169 Å². The Balaban J connectivity index is 1.28. The van der Waals surface area contributed by atoms with Crippen LogP contribution in [-0.4, -0.2) is 59.7 Å². The zero-order valence-electron chi connectivity index (χ0n) is 16.6. The summed E-state index contributed by atoms with van der Waals surface area (Å²) in [7, 11) is 0. The molecule has 0 unspecified atom stereocenters. The summed E-state index contributed by atoms with van der Waals surface area (Å²) >= 11 is 0. The molecule has 1 fully saturated rings. The van der Waals surface area contributed by atoms with Gasteiger partial charge in [-0.2, -0.15) is 4.39 Å². The van der Waals surface area contributed by atoms with Gasteiger partial charge >= 0.3 is 0 Å². The van der Waals surface area contributed by atoms with Crippen molar-refractivity contribution in [3.05, 3.63) is 54.7 Å². The third kappa shape index (κ3) is 4.40. The number of hydrogen-bond acceptors (Lipinski definition) is 5. The summed E-state index contributed by atoms with van der Waals surface area (Å²) in [4.78, 5) is 20.2. The van der Waals surface area contributed by atoms with Gasteiger partial charge in [-0.1, -0.05) is 6.07 Å². The quantitative estimate of drug-likeness (QED) is 0.472. The number of rotatable bonds is 6. The van der Waals surface area contributed by atoms with Gasteiger partial charge in [-0.3, -0.25) is 14.3 Å². The molecule has 1 aliphatic heterocycles. The van der Waals surface area contributed by atoms with Crippen molar-refractivity contribution in [2.45, 2.75) is 13.3 Å². The first-order valence-corrected chi connectivity index (χ1v) is 9.94. The Kier molecular flexibility index (Phi) is 5.76. The Morgan fingerprint density at radius 3 is 2.69 bits per heavy atom. The van der Waals surface area contributed by atoms with E-state index >= 15 is 0 Å². The van der Waals surface area contributed by atoms with Crippen LogP contribution in [0.2, 0.25) is 0 Å². The van der Waals surface area contributed by atoms with Gasteiger partial charge < -0.3 is 9.64 Å². The summed E-state index contributed by atoms with van der Waals surface area (Å²) in [5.41, 5.74) is 2.15. The molecule has 3 aromatic rings. The molecule has 4 rings (SSSR count). The fourth-order valence-corrected chi connectivity index (χ4v) is 3.84. The number of piperazine rings is 1. The zero-order chi connectivity index (χ0) is 20.2. The highest BCUT2D eigenvalue weighted by molar-refractivity contribution is 5.98. The molecule has 1 saturated heterocycles. The molecule has 29 heavy (non-hydrogen) atoms. The largest absolute Gasteiger partial charge is 0.492 e. The molecular weight excluding hydrogens is 371 g/mol. The molecule has 3 heterocycles. The number of anilines is 1. The molecule has 0 N–H and O–H groups in total. The predicted octanol–water partition coefficient (Wildman–Crippen LogP) is 3.43. The molecule has 2 aromatic heterocycles. The van der Waals surface area contributed by atoms with Crippen LogP contribution >= 0.6 is 0 Å². The fourth-order valence-electron chi connectivity index (χ4n) is 3.84. The lowest BCUT2D eigenvalue weighted by Crippen LogP contribution is -2.46. The second-order valence-electron chi connectivity index (χ2n) is 7.26. The van der Waals surface area contributed by atoms with Crippen LogP contribution in [0.3, 0.4) is 0 Å². The lowest BCUT2D eigenvalue weighted by atomic mass is 10.1. The Hall–Kier alpha value is -2.93. The highest BCUT2D eigenvalue weighted by atomic mass is 19.1. The van der Waals surface area contributed by atoms with E-state index in [9.17, 15) is 9.18 Å². The van der Waals surface area contributed by atoms with E-state index in [-0.39, 0.29) is 5.91 Å². The number of hydrogen-bond donors (Lipinski definition) is 0. The summed E-state index contributed by atoms with van der Waals surface area (Å²) < 4.78 is 20.1. The molecule has 7 heteroatoms. The van der Waals surface area contributed by atoms with Crippen molar-refractivity contribution in [1.29, 1.82) is 0 Å². The first kappa shape index (κ1) is 19.4. The van der Waals surface area contributed by atoms with E-state index < -0.39 is 5.95 Å². The van der Waals surface area contributed by atoms with Crippen molar-refractivity contribution >= 4 is 22.5 Å². The minimum atomic E-state index is -0.497. The summed E-state index contributed by atoms with van der Waals surface area (Å²) in [5.74, 6) is 0.131. The van der Waals surface area contributed by atoms with E-state index in [1.54, 1.807) is 17.6 Å². The van der Waals surface area contributed by atoms with Gasteiger partial charge in [0.25, 0.3) is 0 Å². The number of nitrogens with zero attached hydrogens (tertiary/aromatic N) is 4. The van der Waals surface area contributed by atoms with E-state index in [0.717, 1.165) is 50.0 Å². The minimum Gasteiger partial charge on any atom is -0.492 e. The number of fused-ring (bicyclic) bond motifs is 1. The van der Waals surface area contributed by atoms with Gasteiger partial charge in [-0.25, -0.2) is 4.98 Å². The lowest BCUT2D eigenvalue weighted by Gasteiger charge is -2.36. The van der Waals surface area contributed by atoms with Crippen LogP contribution in [0.4, 0.5) is 10.1 Å². The number of carbonyl (C=O) groups excluding carboxylic acids is 1. The van der Waals surface area contributed by atoms with Gasteiger partial charge in [0.05, 0.1) is 18.3 Å². The van der Waals surface area contributed by atoms with Crippen molar-refractivity contribution in [2.24, 2.45) is 0 Å². The number of benzene rings is 1. The fraction of sp³-hybridized carbons (Fsp3) is 0.364. The average Bonchev–Trinajstić information content (AvgIpc) is 3.18. The molecule has 0 spiro atoms. The smallest absolute Gasteiger partial charge is 0.227 e. The molecule has 0 amide bonds. The Morgan fingerprint density at radius 2 is 1.97 bits per heavy atom. The van der Waals surface area contributed by atoms with Crippen molar-refractivity contribution in [3.63, 3.8) is 0 Å². The van der Waals surface area contributed by atoms with E-state index in [4.69, 9.17) is 4.74 Å². The van der Waals surface area contributed by atoms with Crippen LogP contribution < -0.4 is 9.64 Å². The van der Waals surface area contributed by atoms with Gasteiger partial charge in [-0.15, -0.1) is 0 Å². The normalized spacial score (nSPS) is 15.0. The maximum absolute atomic E-state index is 12.8. The lowest BCUT2D eigenvalue weighted by molar-refractivity contribution is 0.0941. The standard InChI is InChI=1S/C22H25FN4O2/c1-17(28)27-10-8-19-20(4-2-5-21(19)27)26-13-11-25(12-14-26)9-3-15-29-18-6-7-22(23)24-16-18/h2,4-8,10,16H,3,9,11-15H2,1H3. The van der Waals surface area contributed by atoms with Crippen molar-refractivity contribution in [3.8, 4) is 5.75 Å². The van der Waals surface area contributed by atoms with Gasteiger partial charge in [0.1, 0.15) is 5.75 Å². The molecule has 0 aliphatic carbocycles. The SMILES string of the molecule is CC(=O)n1ccc2c(N3CCN(CCCOc4ccc(F)nc4)CC3)cccc21. The summed E-state index contributed by atoms with van der Waals surface area (Å²) in [6.07, 6.45) is 4.17. The molecule has 0 radical (unpaired) electrons. The van der Waals surface area contributed by atoms with E-state index in [0.29, 0.717) is 12.4 Å². The second kappa shape index (κ2) is 8.61. The van der Waals surface area contributed by atoms with E-state index in [1.807, 2.05) is 24.4 Å². The van der Waals surface area contributed by atoms with Crippen LogP contribution in [0.15, 0.2) is 48.8 Å². The maximum Gasteiger partial charge on any atom is 0.227 e.